The fraction of sp³-hybridized carbons (Fsp3) is 0.533. The van der Waals surface area contributed by atoms with Crippen LogP contribution in [0.2, 0.25) is 0 Å². The van der Waals surface area contributed by atoms with E-state index in [0.29, 0.717) is 13.2 Å². The molecule has 108 valence electrons. The molecule has 2 heterocycles. The normalized spacial score (nSPS) is 26.9. The molecule has 2 saturated heterocycles. The molecule has 2 aliphatic heterocycles. The van der Waals surface area contributed by atoms with E-state index in [4.69, 9.17) is 10.5 Å². The van der Waals surface area contributed by atoms with Crippen molar-refractivity contribution in [2.24, 2.45) is 11.7 Å². The Labute approximate surface area is 119 Å². The Kier molecular flexibility index (Phi) is 3.89. The van der Waals surface area contributed by atoms with Gasteiger partial charge in [-0.1, -0.05) is 18.2 Å². The van der Waals surface area contributed by atoms with Gasteiger partial charge in [0.25, 0.3) is 0 Å². The van der Waals surface area contributed by atoms with Gasteiger partial charge in [0.15, 0.2) is 0 Å². The zero-order valence-electron chi connectivity index (χ0n) is 11.6. The van der Waals surface area contributed by atoms with E-state index in [1.807, 2.05) is 23.1 Å². The van der Waals surface area contributed by atoms with Crippen LogP contribution < -0.4 is 10.6 Å². The minimum atomic E-state index is -0.154. The van der Waals surface area contributed by atoms with E-state index < -0.39 is 0 Å². The number of rotatable bonds is 2. The van der Waals surface area contributed by atoms with Crippen molar-refractivity contribution < 1.29 is 9.53 Å². The van der Waals surface area contributed by atoms with Crippen molar-refractivity contribution in [3.8, 4) is 0 Å². The molecule has 0 radical (unpaired) electrons. The highest BCUT2D eigenvalue weighted by Crippen LogP contribution is 2.19. The lowest BCUT2D eigenvalue weighted by molar-refractivity contribution is -0.136. The monoisotopic (exact) mass is 275 g/mol. The summed E-state index contributed by atoms with van der Waals surface area (Å²) < 4.78 is 5.29. The van der Waals surface area contributed by atoms with Gasteiger partial charge in [0.1, 0.15) is 0 Å². The van der Waals surface area contributed by atoms with Crippen LogP contribution in [-0.2, 0) is 9.53 Å². The number of piperazine rings is 1. The maximum Gasteiger partial charge on any atom is 0.229 e. The number of carbonyl (C=O) groups excluding carboxylic acids is 1. The summed E-state index contributed by atoms with van der Waals surface area (Å²) in [6, 6.07) is 10.2. The largest absolute Gasteiger partial charge is 0.379 e. The lowest BCUT2D eigenvalue weighted by Crippen LogP contribution is -2.52. The summed E-state index contributed by atoms with van der Waals surface area (Å²) >= 11 is 0. The third kappa shape index (κ3) is 2.64. The maximum atomic E-state index is 12.4. The van der Waals surface area contributed by atoms with Crippen LogP contribution in [0.5, 0.6) is 0 Å². The number of amides is 1. The quantitative estimate of drug-likeness (QED) is 0.844. The molecule has 20 heavy (non-hydrogen) atoms. The number of hydrogen-bond donors (Lipinski definition) is 1. The lowest BCUT2D eigenvalue weighted by Gasteiger charge is -2.37. The zero-order chi connectivity index (χ0) is 13.9. The van der Waals surface area contributed by atoms with E-state index in [0.717, 1.165) is 26.2 Å². The summed E-state index contributed by atoms with van der Waals surface area (Å²) in [6.07, 6.45) is 0. The van der Waals surface area contributed by atoms with E-state index in [2.05, 4.69) is 17.0 Å². The Bertz CT molecular complexity index is 457. The standard InChI is InChI=1S/C15H21N3O2/c16-14-11-20-10-13(14)15(19)18-8-6-17(7-9-18)12-4-2-1-3-5-12/h1-5,13-14H,6-11,16H2. The van der Waals surface area contributed by atoms with Crippen LogP contribution in [-0.4, -0.2) is 56.2 Å². The van der Waals surface area contributed by atoms with Crippen molar-refractivity contribution in [3.05, 3.63) is 30.3 Å². The molecule has 2 N–H and O–H groups in total. The molecule has 5 heteroatoms. The number of ether oxygens (including phenoxy) is 1. The molecule has 1 aromatic carbocycles. The first-order valence-electron chi connectivity index (χ1n) is 7.18. The molecule has 2 atom stereocenters. The molecule has 3 rings (SSSR count). The van der Waals surface area contributed by atoms with Gasteiger partial charge in [0.2, 0.25) is 5.91 Å². The van der Waals surface area contributed by atoms with Gasteiger partial charge in [-0.3, -0.25) is 4.79 Å². The topological polar surface area (TPSA) is 58.8 Å². The average molecular weight is 275 g/mol. The number of nitrogens with two attached hydrogens (primary N) is 1. The van der Waals surface area contributed by atoms with Crippen LogP contribution in [0.1, 0.15) is 0 Å². The van der Waals surface area contributed by atoms with Crippen molar-refractivity contribution in [1.82, 2.24) is 4.90 Å². The minimum Gasteiger partial charge on any atom is -0.379 e. The van der Waals surface area contributed by atoms with Gasteiger partial charge in [0, 0.05) is 37.9 Å². The van der Waals surface area contributed by atoms with Gasteiger partial charge in [-0.2, -0.15) is 0 Å². The van der Waals surface area contributed by atoms with Crippen molar-refractivity contribution in [2.45, 2.75) is 6.04 Å². The molecule has 1 aromatic rings. The van der Waals surface area contributed by atoms with Gasteiger partial charge in [0.05, 0.1) is 19.1 Å². The lowest BCUT2D eigenvalue weighted by atomic mass is 10.0. The molecule has 5 nitrogen and oxygen atoms in total. The first kappa shape index (κ1) is 13.4. The van der Waals surface area contributed by atoms with Gasteiger partial charge in [-0.05, 0) is 12.1 Å². The highest BCUT2D eigenvalue weighted by molar-refractivity contribution is 5.80. The number of anilines is 1. The van der Waals surface area contributed by atoms with Crippen molar-refractivity contribution in [1.29, 1.82) is 0 Å². The number of para-hydroxylation sites is 1. The van der Waals surface area contributed by atoms with Gasteiger partial charge in [-0.25, -0.2) is 0 Å². The Balaban J connectivity index is 1.57. The Morgan fingerprint density at radius 1 is 1.10 bits per heavy atom. The SMILES string of the molecule is NC1COCC1C(=O)N1CCN(c2ccccc2)CC1. The van der Waals surface area contributed by atoms with E-state index in [1.54, 1.807) is 0 Å². The molecular formula is C15H21N3O2. The number of benzene rings is 1. The average Bonchev–Trinajstić information content (AvgIpc) is 2.94. The van der Waals surface area contributed by atoms with Crippen molar-refractivity contribution in [3.63, 3.8) is 0 Å². The smallest absolute Gasteiger partial charge is 0.229 e. The Morgan fingerprint density at radius 2 is 1.80 bits per heavy atom. The molecular weight excluding hydrogens is 254 g/mol. The second kappa shape index (κ2) is 5.81. The van der Waals surface area contributed by atoms with Crippen LogP contribution in [0, 0.1) is 5.92 Å². The molecule has 2 aliphatic rings. The molecule has 0 bridgehead atoms. The predicted molar refractivity (Wildman–Crippen MR) is 77.5 cm³/mol. The van der Waals surface area contributed by atoms with Gasteiger partial charge < -0.3 is 20.3 Å². The van der Waals surface area contributed by atoms with Crippen LogP contribution in [0.25, 0.3) is 0 Å². The number of hydrogen-bond acceptors (Lipinski definition) is 4. The summed E-state index contributed by atoms with van der Waals surface area (Å²) in [5, 5.41) is 0. The third-order valence-electron chi connectivity index (χ3n) is 4.15. The third-order valence-corrected chi connectivity index (χ3v) is 4.15. The fourth-order valence-electron chi connectivity index (χ4n) is 2.88. The number of nitrogens with zero attached hydrogens (tertiary/aromatic N) is 2. The molecule has 2 unspecified atom stereocenters. The maximum absolute atomic E-state index is 12.4. The first-order valence-corrected chi connectivity index (χ1v) is 7.18. The second-order valence-electron chi connectivity index (χ2n) is 5.46. The second-order valence-corrected chi connectivity index (χ2v) is 5.46. The molecule has 0 spiro atoms. The number of carbonyl (C=O) groups is 1. The van der Waals surface area contributed by atoms with E-state index in [1.165, 1.54) is 5.69 Å². The van der Waals surface area contributed by atoms with Crippen LogP contribution in [0.15, 0.2) is 30.3 Å². The van der Waals surface area contributed by atoms with E-state index in [-0.39, 0.29) is 17.9 Å². The van der Waals surface area contributed by atoms with Crippen molar-refractivity contribution >= 4 is 11.6 Å². The van der Waals surface area contributed by atoms with Crippen LogP contribution in [0.3, 0.4) is 0 Å². The Morgan fingerprint density at radius 3 is 2.40 bits per heavy atom. The van der Waals surface area contributed by atoms with Gasteiger partial charge in [-0.15, -0.1) is 0 Å². The zero-order valence-corrected chi connectivity index (χ0v) is 11.6. The van der Waals surface area contributed by atoms with E-state index in [9.17, 15) is 4.79 Å². The summed E-state index contributed by atoms with van der Waals surface area (Å²) in [5.74, 6) is 0.000914. The molecule has 0 saturated carbocycles. The first-order chi connectivity index (χ1) is 9.75. The highest BCUT2D eigenvalue weighted by Gasteiger charge is 2.35. The van der Waals surface area contributed by atoms with Crippen LogP contribution in [0.4, 0.5) is 5.69 Å². The fourth-order valence-corrected chi connectivity index (χ4v) is 2.88. The molecule has 0 aliphatic carbocycles. The van der Waals surface area contributed by atoms with Crippen LogP contribution >= 0.6 is 0 Å². The summed E-state index contributed by atoms with van der Waals surface area (Å²) in [4.78, 5) is 16.6. The molecule has 2 fully saturated rings. The van der Waals surface area contributed by atoms with Crippen molar-refractivity contribution in [2.75, 3.05) is 44.3 Å². The summed E-state index contributed by atoms with van der Waals surface area (Å²) in [7, 11) is 0. The predicted octanol–water partition coefficient (Wildman–Crippen LogP) is 0.309. The minimum absolute atomic E-state index is 0.144. The summed E-state index contributed by atoms with van der Waals surface area (Å²) in [5.41, 5.74) is 7.14. The summed E-state index contributed by atoms with van der Waals surface area (Å²) in [6.45, 7) is 4.24. The Hall–Kier alpha value is -1.59. The van der Waals surface area contributed by atoms with Gasteiger partial charge >= 0.3 is 0 Å². The molecule has 1 amide bonds. The van der Waals surface area contributed by atoms with E-state index >= 15 is 0 Å². The highest BCUT2D eigenvalue weighted by atomic mass is 16.5. The molecule has 0 aromatic heterocycles.